The zero-order chi connectivity index (χ0) is 27.6. The van der Waals surface area contributed by atoms with Crippen LogP contribution in [0.4, 0.5) is 0 Å². The second kappa shape index (κ2) is 11.4. The summed E-state index contributed by atoms with van der Waals surface area (Å²) in [5, 5.41) is 12.3. The molecule has 0 saturated carbocycles. The molecule has 0 unspecified atom stereocenters. The lowest BCUT2D eigenvalue weighted by Gasteiger charge is -2.33. The molecule has 2 aliphatic heterocycles. The number of sulfonamides is 1. The molecule has 39 heavy (non-hydrogen) atoms. The van der Waals surface area contributed by atoms with Crippen molar-refractivity contribution in [3.8, 4) is 5.75 Å². The quantitative estimate of drug-likeness (QED) is 0.435. The van der Waals surface area contributed by atoms with Crippen molar-refractivity contribution in [2.24, 2.45) is 5.92 Å². The number of aryl methyl sites for hydroxylation is 1. The van der Waals surface area contributed by atoms with Gasteiger partial charge in [0.2, 0.25) is 15.9 Å². The van der Waals surface area contributed by atoms with E-state index in [1.807, 2.05) is 36.0 Å². The summed E-state index contributed by atoms with van der Waals surface area (Å²) in [6, 6.07) is 14.6. The first-order chi connectivity index (χ1) is 18.7. The van der Waals surface area contributed by atoms with Gasteiger partial charge >= 0.3 is 0 Å². The van der Waals surface area contributed by atoms with Crippen LogP contribution in [0, 0.1) is 12.8 Å². The molecule has 10 nitrogen and oxygen atoms in total. The highest BCUT2D eigenvalue weighted by atomic mass is 32.2. The number of amides is 1. The Bertz CT molecular complexity index is 1410. The van der Waals surface area contributed by atoms with E-state index in [0.717, 1.165) is 36.4 Å². The number of aromatic nitrogens is 3. The maximum absolute atomic E-state index is 13.0. The van der Waals surface area contributed by atoms with Crippen LogP contribution in [-0.2, 0) is 21.4 Å². The van der Waals surface area contributed by atoms with Gasteiger partial charge in [0, 0.05) is 31.6 Å². The molecule has 1 N–H and O–H groups in total. The van der Waals surface area contributed by atoms with E-state index in [-0.39, 0.29) is 42.6 Å². The van der Waals surface area contributed by atoms with Gasteiger partial charge in [0.1, 0.15) is 17.5 Å². The molecule has 5 rings (SSSR count). The molecule has 208 valence electrons. The first-order valence-electron chi connectivity index (χ1n) is 13.4. The topological polar surface area (TPSA) is 110 Å². The number of piperazine rings is 1. The average Bonchev–Trinajstić information content (AvgIpc) is 3.38. The zero-order valence-electron chi connectivity index (χ0n) is 22.7. The van der Waals surface area contributed by atoms with E-state index in [1.54, 1.807) is 29.2 Å². The van der Waals surface area contributed by atoms with Crippen molar-refractivity contribution in [2.45, 2.75) is 50.8 Å². The predicted molar refractivity (Wildman–Crippen MR) is 147 cm³/mol. The molecule has 1 amide bonds. The number of para-hydroxylation sites is 1. The monoisotopic (exact) mass is 552 g/mol. The SMILES string of the molecule is Cc1ccc(S(=O)(=O)N2CCN(Cc3cn([C@@H]4C[C@H](CNCC(C)C)Oc5ccccc54)nn3)C(=O)C2)cc1. The molecule has 3 heterocycles. The highest BCUT2D eigenvalue weighted by molar-refractivity contribution is 7.89. The van der Waals surface area contributed by atoms with Crippen LogP contribution in [0.15, 0.2) is 59.6 Å². The van der Waals surface area contributed by atoms with Gasteiger partial charge < -0.3 is 15.0 Å². The molecular formula is C28H36N6O4S. The normalized spacial score (nSPS) is 20.2. The van der Waals surface area contributed by atoms with E-state index in [0.29, 0.717) is 18.2 Å². The predicted octanol–water partition coefficient (Wildman–Crippen LogP) is 2.61. The van der Waals surface area contributed by atoms with Crippen molar-refractivity contribution in [3.63, 3.8) is 0 Å². The van der Waals surface area contributed by atoms with Crippen LogP contribution in [-0.4, -0.2) is 77.4 Å². The van der Waals surface area contributed by atoms with Gasteiger partial charge in [-0.05, 0) is 37.6 Å². The molecular weight excluding hydrogens is 516 g/mol. The standard InChI is InChI=1S/C28H36N6O4S/c1-20(2)15-29-16-23-14-26(25-6-4-5-7-27(25)38-23)34-18-22(30-31-34)17-32-12-13-33(19-28(32)35)39(36,37)24-10-8-21(3)9-11-24/h4-11,18,20,23,26,29H,12-17,19H2,1-3H3/t23-,26-/m1/s1. The summed E-state index contributed by atoms with van der Waals surface area (Å²) in [5.41, 5.74) is 2.70. The van der Waals surface area contributed by atoms with Gasteiger partial charge in [-0.25, -0.2) is 13.1 Å². The van der Waals surface area contributed by atoms with E-state index in [1.165, 1.54) is 4.31 Å². The van der Waals surface area contributed by atoms with Crippen LogP contribution in [0.25, 0.3) is 0 Å². The molecule has 1 aromatic heterocycles. The number of nitrogens with one attached hydrogen (secondary N) is 1. The molecule has 1 fully saturated rings. The maximum Gasteiger partial charge on any atom is 0.243 e. The highest BCUT2D eigenvalue weighted by Crippen LogP contribution is 2.36. The first-order valence-corrected chi connectivity index (χ1v) is 14.9. The third kappa shape index (κ3) is 6.15. The van der Waals surface area contributed by atoms with Gasteiger partial charge in [-0.3, -0.25) is 4.79 Å². The largest absolute Gasteiger partial charge is 0.489 e. The Labute approximate surface area is 230 Å². The van der Waals surface area contributed by atoms with Gasteiger partial charge in [-0.2, -0.15) is 4.31 Å². The first kappa shape index (κ1) is 27.3. The molecule has 2 aliphatic rings. The lowest BCUT2D eigenvalue weighted by Crippen LogP contribution is -2.51. The fraction of sp³-hybridized carbons (Fsp3) is 0.464. The van der Waals surface area contributed by atoms with Gasteiger partial charge in [0.05, 0.1) is 30.2 Å². The Morgan fingerprint density at radius 1 is 1.10 bits per heavy atom. The summed E-state index contributed by atoms with van der Waals surface area (Å²) < 4.78 is 35.4. The van der Waals surface area contributed by atoms with E-state index in [4.69, 9.17) is 4.74 Å². The molecule has 0 bridgehead atoms. The van der Waals surface area contributed by atoms with Crippen molar-refractivity contribution in [1.82, 2.24) is 29.5 Å². The molecule has 0 radical (unpaired) electrons. The maximum atomic E-state index is 13.0. The third-order valence-electron chi connectivity index (χ3n) is 7.15. The van der Waals surface area contributed by atoms with Gasteiger partial charge in [-0.1, -0.05) is 55.0 Å². The summed E-state index contributed by atoms with van der Waals surface area (Å²) in [7, 11) is -3.73. The van der Waals surface area contributed by atoms with Gasteiger partial charge in [0.15, 0.2) is 0 Å². The van der Waals surface area contributed by atoms with Crippen LogP contribution in [0.2, 0.25) is 0 Å². The zero-order valence-corrected chi connectivity index (χ0v) is 23.5. The van der Waals surface area contributed by atoms with Crippen LogP contribution in [0.5, 0.6) is 5.75 Å². The van der Waals surface area contributed by atoms with Crippen molar-refractivity contribution in [2.75, 3.05) is 32.7 Å². The number of benzene rings is 2. The number of ether oxygens (including phenoxy) is 1. The number of hydrogen-bond donors (Lipinski definition) is 1. The Hall–Kier alpha value is -3.28. The Kier molecular flexibility index (Phi) is 8.01. The number of carbonyl (C=O) groups is 1. The summed E-state index contributed by atoms with van der Waals surface area (Å²) >= 11 is 0. The molecule has 11 heteroatoms. The van der Waals surface area contributed by atoms with Crippen LogP contribution in [0.1, 0.15) is 43.1 Å². The second-order valence-corrected chi connectivity index (χ2v) is 12.7. The van der Waals surface area contributed by atoms with E-state index in [9.17, 15) is 13.2 Å². The molecule has 0 spiro atoms. The van der Waals surface area contributed by atoms with Crippen molar-refractivity contribution in [3.05, 3.63) is 71.5 Å². The Balaban J connectivity index is 1.24. The van der Waals surface area contributed by atoms with Crippen LogP contribution >= 0.6 is 0 Å². The second-order valence-electron chi connectivity index (χ2n) is 10.7. The van der Waals surface area contributed by atoms with E-state index >= 15 is 0 Å². The Morgan fingerprint density at radius 3 is 2.62 bits per heavy atom. The fourth-order valence-corrected chi connectivity index (χ4v) is 6.41. The van der Waals surface area contributed by atoms with Crippen molar-refractivity contribution < 1.29 is 17.9 Å². The fourth-order valence-electron chi connectivity index (χ4n) is 5.03. The minimum absolute atomic E-state index is 0.00133. The smallest absolute Gasteiger partial charge is 0.243 e. The molecule has 3 aromatic rings. The number of rotatable bonds is 9. The van der Waals surface area contributed by atoms with Crippen LogP contribution in [0.3, 0.4) is 0 Å². The number of fused-ring (bicyclic) bond motifs is 1. The van der Waals surface area contributed by atoms with E-state index < -0.39 is 10.0 Å². The third-order valence-corrected chi connectivity index (χ3v) is 9.01. The van der Waals surface area contributed by atoms with Gasteiger partial charge in [-0.15, -0.1) is 5.10 Å². The molecule has 2 atom stereocenters. The van der Waals surface area contributed by atoms with E-state index in [2.05, 4.69) is 35.5 Å². The molecule has 2 aromatic carbocycles. The number of carbonyl (C=O) groups excluding carboxylic acids is 1. The summed E-state index contributed by atoms with van der Waals surface area (Å²) in [6.45, 7) is 8.54. The van der Waals surface area contributed by atoms with Crippen molar-refractivity contribution in [1.29, 1.82) is 0 Å². The van der Waals surface area contributed by atoms with Crippen molar-refractivity contribution >= 4 is 15.9 Å². The minimum atomic E-state index is -3.73. The molecule has 0 aliphatic carbocycles. The summed E-state index contributed by atoms with van der Waals surface area (Å²) in [6.07, 6.45) is 2.63. The number of hydrogen-bond acceptors (Lipinski definition) is 7. The Morgan fingerprint density at radius 2 is 1.87 bits per heavy atom. The average molecular weight is 553 g/mol. The minimum Gasteiger partial charge on any atom is -0.489 e. The summed E-state index contributed by atoms with van der Waals surface area (Å²) in [5.74, 6) is 1.16. The lowest BCUT2D eigenvalue weighted by molar-refractivity contribution is -0.134. The van der Waals surface area contributed by atoms with Gasteiger partial charge in [0.25, 0.3) is 0 Å². The lowest BCUT2D eigenvalue weighted by atomic mass is 9.96. The van der Waals surface area contributed by atoms with Crippen LogP contribution < -0.4 is 10.1 Å². The highest BCUT2D eigenvalue weighted by Gasteiger charge is 2.34. The number of nitrogens with zero attached hydrogens (tertiary/aromatic N) is 5. The molecule has 1 saturated heterocycles. The summed E-state index contributed by atoms with van der Waals surface area (Å²) in [4.78, 5) is 14.8.